The van der Waals surface area contributed by atoms with Crippen LogP contribution < -0.4 is 0 Å². The molecule has 1 atom stereocenters. The summed E-state index contributed by atoms with van der Waals surface area (Å²) in [7, 11) is -3.72. The normalized spacial score (nSPS) is 24.1. The maximum absolute atomic E-state index is 12.5. The molecule has 1 saturated heterocycles. The van der Waals surface area contributed by atoms with Gasteiger partial charge in [0, 0.05) is 25.8 Å². The lowest BCUT2D eigenvalue weighted by atomic mass is 9.90. The Morgan fingerprint density at radius 1 is 1.55 bits per heavy atom. The van der Waals surface area contributed by atoms with Gasteiger partial charge in [-0.15, -0.1) is 0 Å². The first-order valence-electron chi connectivity index (χ1n) is 6.48. The van der Waals surface area contributed by atoms with Crippen LogP contribution in [0.15, 0.2) is 11.2 Å². The lowest BCUT2D eigenvalue weighted by molar-refractivity contribution is -0.146. The molecule has 0 aromatic carbocycles. The number of aryl methyl sites for hydroxylation is 2. The number of hydrogen-bond donors (Lipinski definition) is 1. The van der Waals surface area contributed by atoms with E-state index < -0.39 is 21.4 Å². The molecule has 1 aliphatic rings. The van der Waals surface area contributed by atoms with Crippen LogP contribution >= 0.6 is 0 Å². The van der Waals surface area contributed by atoms with E-state index in [4.69, 9.17) is 0 Å². The number of hydrogen-bond acceptors (Lipinski definition) is 4. The Morgan fingerprint density at radius 2 is 2.20 bits per heavy atom. The molecule has 0 amide bonds. The highest BCUT2D eigenvalue weighted by atomic mass is 32.2. The molecule has 0 saturated carbocycles. The van der Waals surface area contributed by atoms with E-state index in [1.807, 2.05) is 6.92 Å². The van der Waals surface area contributed by atoms with Crippen molar-refractivity contribution in [1.29, 1.82) is 0 Å². The van der Waals surface area contributed by atoms with Crippen LogP contribution in [0.1, 0.15) is 26.1 Å². The SMILES string of the molecule is CCn1cc(S(=O)(=O)N2CCC(C)(C(=O)O)C2)nc1C. The van der Waals surface area contributed by atoms with Crippen LogP contribution in [0.4, 0.5) is 0 Å². The van der Waals surface area contributed by atoms with Crippen molar-refractivity contribution >= 4 is 16.0 Å². The van der Waals surface area contributed by atoms with Gasteiger partial charge in [-0.25, -0.2) is 13.4 Å². The van der Waals surface area contributed by atoms with E-state index in [0.717, 1.165) is 0 Å². The first kappa shape index (κ1) is 15.0. The third-order valence-electron chi connectivity index (χ3n) is 3.85. The zero-order valence-corrected chi connectivity index (χ0v) is 12.6. The Hall–Kier alpha value is -1.41. The molecule has 8 heteroatoms. The van der Waals surface area contributed by atoms with Crippen LogP contribution in [0.2, 0.25) is 0 Å². The number of imidazole rings is 1. The lowest BCUT2D eigenvalue weighted by Gasteiger charge is -2.19. The highest BCUT2D eigenvalue weighted by Crippen LogP contribution is 2.33. The van der Waals surface area contributed by atoms with Gasteiger partial charge < -0.3 is 9.67 Å². The molecule has 0 radical (unpaired) electrons. The summed E-state index contributed by atoms with van der Waals surface area (Å²) >= 11 is 0. The molecule has 1 aliphatic heterocycles. The van der Waals surface area contributed by atoms with Gasteiger partial charge >= 0.3 is 5.97 Å². The van der Waals surface area contributed by atoms with Crippen molar-refractivity contribution in [2.24, 2.45) is 5.41 Å². The van der Waals surface area contributed by atoms with E-state index in [-0.39, 0.29) is 18.1 Å². The summed E-state index contributed by atoms with van der Waals surface area (Å²) in [5.74, 6) is -0.336. The smallest absolute Gasteiger partial charge is 0.310 e. The molecule has 1 fully saturated rings. The van der Waals surface area contributed by atoms with Crippen LogP contribution in [0.3, 0.4) is 0 Å². The Balaban J connectivity index is 2.30. The third-order valence-corrected chi connectivity index (χ3v) is 5.57. The van der Waals surface area contributed by atoms with Crippen molar-refractivity contribution in [3.05, 3.63) is 12.0 Å². The van der Waals surface area contributed by atoms with E-state index in [1.165, 1.54) is 10.5 Å². The van der Waals surface area contributed by atoms with Crippen molar-refractivity contribution in [2.45, 2.75) is 38.8 Å². The molecule has 0 spiro atoms. The fourth-order valence-electron chi connectivity index (χ4n) is 2.35. The Labute approximate surface area is 118 Å². The molecule has 2 rings (SSSR count). The molecule has 0 bridgehead atoms. The van der Waals surface area contributed by atoms with E-state index in [9.17, 15) is 18.3 Å². The topological polar surface area (TPSA) is 92.5 Å². The number of rotatable bonds is 4. The molecule has 1 aromatic heterocycles. The molecular weight excluding hydrogens is 282 g/mol. The summed E-state index contributed by atoms with van der Waals surface area (Å²) in [6, 6.07) is 0. The van der Waals surface area contributed by atoms with Gasteiger partial charge in [0.25, 0.3) is 10.0 Å². The monoisotopic (exact) mass is 301 g/mol. The second-order valence-electron chi connectivity index (χ2n) is 5.37. The fraction of sp³-hybridized carbons (Fsp3) is 0.667. The molecule has 20 heavy (non-hydrogen) atoms. The van der Waals surface area contributed by atoms with Gasteiger partial charge in [0.05, 0.1) is 5.41 Å². The number of aliphatic carboxylic acids is 1. The third kappa shape index (κ3) is 2.33. The molecule has 0 aliphatic carbocycles. The Kier molecular flexibility index (Phi) is 3.64. The summed E-state index contributed by atoms with van der Waals surface area (Å²) in [6.07, 6.45) is 1.82. The van der Waals surface area contributed by atoms with Gasteiger partial charge in [-0.3, -0.25) is 4.79 Å². The summed E-state index contributed by atoms with van der Waals surface area (Å²) < 4.78 is 27.9. The van der Waals surface area contributed by atoms with Gasteiger partial charge in [-0.1, -0.05) is 0 Å². The van der Waals surface area contributed by atoms with Crippen LogP contribution in [0.5, 0.6) is 0 Å². The van der Waals surface area contributed by atoms with Crippen LogP contribution in [0, 0.1) is 12.3 Å². The average Bonchev–Trinajstić information content (AvgIpc) is 2.94. The maximum Gasteiger partial charge on any atom is 0.310 e. The quantitative estimate of drug-likeness (QED) is 0.883. The second-order valence-corrected chi connectivity index (χ2v) is 7.25. The number of aromatic nitrogens is 2. The van der Waals surface area contributed by atoms with Gasteiger partial charge in [0.1, 0.15) is 5.82 Å². The van der Waals surface area contributed by atoms with Crippen molar-refractivity contribution in [3.8, 4) is 0 Å². The van der Waals surface area contributed by atoms with E-state index in [1.54, 1.807) is 18.4 Å². The fourth-order valence-corrected chi connectivity index (χ4v) is 3.91. The average molecular weight is 301 g/mol. The van der Waals surface area contributed by atoms with Crippen LogP contribution in [-0.2, 0) is 21.4 Å². The molecule has 7 nitrogen and oxygen atoms in total. The Bertz CT molecular complexity index is 637. The van der Waals surface area contributed by atoms with Crippen molar-refractivity contribution in [1.82, 2.24) is 13.9 Å². The van der Waals surface area contributed by atoms with Crippen LogP contribution in [-0.4, -0.2) is 46.4 Å². The largest absolute Gasteiger partial charge is 0.481 e. The predicted octanol–water partition coefficient (Wildman–Crippen LogP) is 0.697. The van der Waals surface area contributed by atoms with Gasteiger partial charge in [0.2, 0.25) is 0 Å². The number of nitrogens with zero attached hydrogens (tertiary/aromatic N) is 3. The van der Waals surface area contributed by atoms with Gasteiger partial charge in [-0.05, 0) is 27.2 Å². The highest BCUT2D eigenvalue weighted by Gasteiger charge is 2.45. The maximum atomic E-state index is 12.5. The van der Waals surface area contributed by atoms with E-state index in [2.05, 4.69) is 4.98 Å². The zero-order chi connectivity index (χ0) is 15.1. The number of carbonyl (C=O) groups is 1. The minimum absolute atomic E-state index is 0.00788. The molecular formula is C12H19N3O4S. The molecule has 1 aromatic rings. The number of carboxylic acids is 1. The van der Waals surface area contributed by atoms with Gasteiger partial charge in [0.15, 0.2) is 5.03 Å². The molecule has 1 unspecified atom stereocenters. The number of carboxylic acid groups (broad SMARTS) is 1. The lowest BCUT2D eigenvalue weighted by Crippen LogP contribution is -2.35. The first-order valence-corrected chi connectivity index (χ1v) is 7.92. The van der Waals surface area contributed by atoms with Crippen molar-refractivity contribution in [3.63, 3.8) is 0 Å². The molecule has 2 heterocycles. The van der Waals surface area contributed by atoms with Crippen molar-refractivity contribution < 1.29 is 18.3 Å². The predicted molar refractivity (Wildman–Crippen MR) is 71.8 cm³/mol. The highest BCUT2D eigenvalue weighted by molar-refractivity contribution is 7.89. The standard InChI is InChI=1S/C12H19N3O4S/c1-4-14-7-10(13-9(14)2)20(18,19)15-6-5-12(3,8-15)11(16)17/h7H,4-6,8H2,1-3H3,(H,16,17). The minimum Gasteiger partial charge on any atom is -0.481 e. The summed E-state index contributed by atoms with van der Waals surface area (Å²) in [5.41, 5.74) is -1.02. The van der Waals surface area contributed by atoms with E-state index in [0.29, 0.717) is 18.8 Å². The zero-order valence-electron chi connectivity index (χ0n) is 11.8. The first-order chi connectivity index (χ1) is 9.20. The summed E-state index contributed by atoms with van der Waals surface area (Å²) in [5, 5.41) is 9.16. The van der Waals surface area contributed by atoms with Gasteiger partial charge in [-0.2, -0.15) is 4.31 Å². The number of sulfonamides is 1. The molecule has 112 valence electrons. The molecule has 1 N–H and O–H groups in total. The second kappa shape index (κ2) is 4.85. The van der Waals surface area contributed by atoms with Crippen molar-refractivity contribution in [2.75, 3.05) is 13.1 Å². The Morgan fingerprint density at radius 3 is 2.65 bits per heavy atom. The summed E-state index contributed by atoms with van der Waals surface area (Å²) in [4.78, 5) is 15.3. The minimum atomic E-state index is -3.72. The summed E-state index contributed by atoms with van der Waals surface area (Å²) in [6.45, 7) is 6.06. The van der Waals surface area contributed by atoms with E-state index >= 15 is 0 Å². The van der Waals surface area contributed by atoms with Crippen LogP contribution in [0.25, 0.3) is 0 Å².